The molecular weight excluding hydrogens is 239 g/mol. The lowest BCUT2D eigenvalue weighted by Gasteiger charge is -2.26. The molecule has 2 rings (SSSR count). The second kappa shape index (κ2) is 4.78. The van der Waals surface area contributed by atoms with Crippen LogP contribution in [0.3, 0.4) is 0 Å². The van der Waals surface area contributed by atoms with Crippen LogP contribution in [0.1, 0.15) is 34.7 Å². The van der Waals surface area contributed by atoms with Gasteiger partial charge < -0.3 is 5.11 Å². The van der Waals surface area contributed by atoms with Gasteiger partial charge in [-0.15, -0.1) is 0 Å². The molecule has 0 aliphatic heterocycles. The van der Waals surface area contributed by atoms with E-state index in [9.17, 15) is 9.50 Å². The summed E-state index contributed by atoms with van der Waals surface area (Å²) >= 11 is 0. The van der Waals surface area contributed by atoms with Crippen molar-refractivity contribution in [1.82, 2.24) is 0 Å². The lowest BCUT2D eigenvalue weighted by molar-refractivity contribution is 0.0977. The molecule has 1 nitrogen and oxygen atoms in total. The minimum absolute atomic E-state index is 0.317. The van der Waals surface area contributed by atoms with Crippen molar-refractivity contribution in [3.63, 3.8) is 0 Å². The van der Waals surface area contributed by atoms with Gasteiger partial charge in [-0.2, -0.15) is 0 Å². The van der Waals surface area contributed by atoms with Crippen molar-refractivity contribution >= 4 is 0 Å². The predicted octanol–water partition coefficient (Wildman–Crippen LogP) is 4.01. The molecule has 0 aromatic heterocycles. The van der Waals surface area contributed by atoms with Gasteiger partial charge in [0.25, 0.3) is 0 Å². The first-order valence-electron chi connectivity index (χ1n) is 6.38. The minimum atomic E-state index is -1.33. The van der Waals surface area contributed by atoms with Gasteiger partial charge in [0.1, 0.15) is 11.4 Å². The van der Waals surface area contributed by atoms with E-state index < -0.39 is 5.60 Å². The number of halogens is 1. The zero-order valence-electron chi connectivity index (χ0n) is 11.8. The Labute approximate surface area is 113 Å². The van der Waals surface area contributed by atoms with Crippen molar-refractivity contribution in [2.24, 2.45) is 0 Å². The van der Waals surface area contributed by atoms with E-state index in [4.69, 9.17) is 0 Å². The van der Waals surface area contributed by atoms with Crippen molar-refractivity contribution in [2.45, 2.75) is 33.3 Å². The van der Waals surface area contributed by atoms with Crippen molar-refractivity contribution in [3.8, 4) is 0 Å². The average molecular weight is 258 g/mol. The zero-order chi connectivity index (χ0) is 14.2. The highest BCUT2D eigenvalue weighted by molar-refractivity contribution is 5.41. The van der Waals surface area contributed by atoms with E-state index in [1.54, 1.807) is 19.1 Å². The maximum Gasteiger partial charge on any atom is 0.129 e. The highest BCUT2D eigenvalue weighted by Gasteiger charge is 2.29. The number of benzene rings is 2. The standard InChI is InChI=1S/C17H19FO/c1-11-5-6-16(18)15(10-11)17(4,19)14-8-12(2)7-13(3)9-14/h5-10,19H,1-4H3. The molecule has 1 unspecified atom stereocenters. The summed E-state index contributed by atoms with van der Waals surface area (Å²) in [4.78, 5) is 0. The largest absolute Gasteiger partial charge is 0.381 e. The van der Waals surface area contributed by atoms with Gasteiger partial charge in [-0.05, 0) is 45.4 Å². The van der Waals surface area contributed by atoms with Gasteiger partial charge in [0.15, 0.2) is 0 Å². The predicted molar refractivity (Wildman–Crippen MR) is 75.7 cm³/mol. The molecule has 0 amide bonds. The molecule has 100 valence electrons. The molecule has 1 atom stereocenters. The Morgan fingerprint density at radius 2 is 1.47 bits per heavy atom. The number of hydrogen-bond donors (Lipinski definition) is 1. The molecule has 0 bridgehead atoms. The second-order valence-electron chi connectivity index (χ2n) is 5.43. The van der Waals surface area contributed by atoms with Crippen LogP contribution >= 0.6 is 0 Å². The smallest absolute Gasteiger partial charge is 0.129 e. The molecule has 0 saturated carbocycles. The summed E-state index contributed by atoms with van der Waals surface area (Å²) in [5.74, 6) is -0.380. The third-order valence-corrected chi connectivity index (χ3v) is 3.43. The molecule has 0 heterocycles. The van der Waals surface area contributed by atoms with E-state index >= 15 is 0 Å². The molecule has 0 aliphatic rings. The van der Waals surface area contributed by atoms with E-state index in [0.717, 1.165) is 22.3 Å². The summed E-state index contributed by atoms with van der Waals surface area (Å²) in [5.41, 5.74) is 2.76. The third-order valence-electron chi connectivity index (χ3n) is 3.43. The lowest BCUT2D eigenvalue weighted by atomic mass is 9.85. The van der Waals surface area contributed by atoms with Crippen LogP contribution in [0.2, 0.25) is 0 Å². The fourth-order valence-electron chi connectivity index (χ4n) is 2.42. The maximum atomic E-state index is 14.0. The Bertz CT molecular complexity index is 594. The van der Waals surface area contributed by atoms with Gasteiger partial charge in [0.05, 0.1) is 0 Å². The lowest BCUT2D eigenvalue weighted by Crippen LogP contribution is -2.24. The first-order chi connectivity index (χ1) is 8.80. The molecule has 0 fully saturated rings. The maximum absolute atomic E-state index is 14.0. The monoisotopic (exact) mass is 258 g/mol. The SMILES string of the molecule is Cc1cc(C)cc(C(C)(O)c2cc(C)ccc2F)c1. The van der Waals surface area contributed by atoms with Crippen LogP contribution in [0.5, 0.6) is 0 Å². The van der Waals surface area contributed by atoms with Crippen LogP contribution in [0, 0.1) is 26.6 Å². The number of aliphatic hydroxyl groups is 1. The van der Waals surface area contributed by atoms with Crippen molar-refractivity contribution < 1.29 is 9.50 Å². The molecule has 0 aliphatic carbocycles. The molecule has 2 aromatic carbocycles. The van der Waals surface area contributed by atoms with E-state index in [1.807, 2.05) is 39.0 Å². The zero-order valence-corrected chi connectivity index (χ0v) is 11.8. The Kier molecular flexibility index (Phi) is 3.46. The van der Waals surface area contributed by atoms with Crippen LogP contribution < -0.4 is 0 Å². The topological polar surface area (TPSA) is 20.2 Å². The van der Waals surface area contributed by atoms with Crippen molar-refractivity contribution in [2.75, 3.05) is 0 Å². The van der Waals surface area contributed by atoms with Crippen molar-refractivity contribution in [1.29, 1.82) is 0 Å². The van der Waals surface area contributed by atoms with Crippen LogP contribution in [-0.2, 0) is 5.60 Å². The Morgan fingerprint density at radius 1 is 0.895 bits per heavy atom. The van der Waals surface area contributed by atoms with Crippen LogP contribution in [0.25, 0.3) is 0 Å². The average Bonchev–Trinajstić information content (AvgIpc) is 2.31. The van der Waals surface area contributed by atoms with E-state index in [0.29, 0.717) is 5.56 Å². The summed E-state index contributed by atoms with van der Waals surface area (Å²) in [6.45, 7) is 7.47. The summed E-state index contributed by atoms with van der Waals surface area (Å²) < 4.78 is 14.0. The molecule has 0 radical (unpaired) electrons. The molecule has 0 saturated heterocycles. The molecule has 19 heavy (non-hydrogen) atoms. The molecule has 2 aromatic rings. The third kappa shape index (κ3) is 2.69. The first-order valence-corrected chi connectivity index (χ1v) is 6.38. The second-order valence-corrected chi connectivity index (χ2v) is 5.43. The van der Waals surface area contributed by atoms with E-state index in [1.165, 1.54) is 6.07 Å². The van der Waals surface area contributed by atoms with Crippen molar-refractivity contribution in [3.05, 3.63) is 70.0 Å². The minimum Gasteiger partial charge on any atom is -0.381 e. The summed E-state index contributed by atoms with van der Waals surface area (Å²) in [5, 5.41) is 10.8. The Balaban J connectivity index is 2.60. The highest BCUT2D eigenvalue weighted by atomic mass is 19.1. The van der Waals surface area contributed by atoms with Crippen LogP contribution in [0.15, 0.2) is 36.4 Å². The normalized spacial score (nSPS) is 14.2. The van der Waals surface area contributed by atoms with E-state index in [2.05, 4.69) is 0 Å². The van der Waals surface area contributed by atoms with E-state index in [-0.39, 0.29) is 5.82 Å². The Hall–Kier alpha value is -1.67. The molecule has 0 spiro atoms. The molecular formula is C17H19FO. The van der Waals surface area contributed by atoms with Gasteiger partial charge in [-0.3, -0.25) is 0 Å². The summed E-state index contributed by atoms with van der Waals surface area (Å²) in [6, 6.07) is 10.6. The van der Waals surface area contributed by atoms with Gasteiger partial charge in [0, 0.05) is 5.56 Å². The summed E-state index contributed by atoms with van der Waals surface area (Å²) in [6.07, 6.45) is 0. The van der Waals surface area contributed by atoms with Crippen LogP contribution in [-0.4, -0.2) is 5.11 Å². The number of rotatable bonds is 2. The Morgan fingerprint density at radius 3 is 2.05 bits per heavy atom. The van der Waals surface area contributed by atoms with Gasteiger partial charge in [0.2, 0.25) is 0 Å². The van der Waals surface area contributed by atoms with Gasteiger partial charge >= 0.3 is 0 Å². The molecule has 2 heteroatoms. The fraction of sp³-hybridized carbons (Fsp3) is 0.294. The fourth-order valence-corrected chi connectivity index (χ4v) is 2.42. The number of hydrogen-bond acceptors (Lipinski definition) is 1. The van der Waals surface area contributed by atoms with Gasteiger partial charge in [-0.1, -0.05) is 41.0 Å². The highest BCUT2D eigenvalue weighted by Crippen LogP contribution is 2.32. The van der Waals surface area contributed by atoms with Gasteiger partial charge in [-0.25, -0.2) is 4.39 Å². The summed E-state index contributed by atoms with van der Waals surface area (Å²) in [7, 11) is 0. The number of aryl methyl sites for hydroxylation is 3. The van der Waals surface area contributed by atoms with Crippen LogP contribution in [0.4, 0.5) is 4.39 Å². The quantitative estimate of drug-likeness (QED) is 0.863. The first kappa shape index (κ1) is 13.8. The molecule has 1 N–H and O–H groups in total.